The summed E-state index contributed by atoms with van der Waals surface area (Å²) < 4.78 is 1.89. The molecule has 7 nitrogen and oxygen atoms in total. The number of fused-ring (bicyclic) bond motifs is 1. The second-order valence-electron chi connectivity index (χ2n) is 7.59. The van der Waals surface area contributed by atoms with E-state index in [2.05, 4.69) is 15.5 Å². The lowest BCUT2D eigenvalue weighted by molar-refractivity contribution is -0.122. The lowest BCUT2D eigenvalue weighted by Gasteiger charge is -2.17. The van der Waals surface area contributed by atoms with Crippen LogP contribution in [-0.4, -0.2) is 33.0 Å². The number of pyridine rings is 1. The van der Waals surface area contributed by atoms with E-state index in [1.165, 1.54) is 0 Å². The van der Waals surface area contributed by atoms with Gasteiger partial charge in [-0.1, -0.05) is 31.5 Å². The number of nitrogens with one attached hydrogen (secondary N) is 1. The Kier molecular flexibility index (Phi) is 4.58. The van der Waals surface area contributed by atoms with Crippen LogP contribution in [0.5, 0.6) is 0 Å². The van der Waals surface area contributed by atoms with Gasteiger partial charge in [0.1, 0.15) is 5.82 Å². The maximum absolute atomic E-state index is 12.8. The first-order chi connectivity index (χ1) is 13.4. The molecule has 0 radical (unpaired) electrons. The molecule has 1 aliphatic heterocycles. The van der Waals surface area contributed by atoms with E-state index in [9.17, 15) is 9.59 Å². The number of hydrogen-bond donors (Lipinski definition) is 1. The lowest BCUT2D eigenvalue weighted by Crippen LogP contribution is -2.28. The van der Waals surface area contributed by atoms with Crippen LogP contribution in [0, 0.1) is 12.8 Å². The predicted molar refractivity (Wildman–Crippen MR) is 107 cm³/mol. The smallest absolute Gasteiger partial charge is 0.229 e. The largest absolute Gasteiger partial charge is 0.324 e. The van der Waals surface area contributed by atoms with E-state index in [-0.39, 0.29) is 30.1 Å². The average Bonchev–Trinajstić information content (AvgIpc) is 3.26. The second kappa shape index (κ2) is 7.07. The summed E-state index contributed by atoms with van der Waals surface area (Å²) in [6.45, 7) is 6.49. The fourth-order valence-corrected chi connectivity index (χ4v) is 3.48. The molecule has 1 atom stereocenters. The zero-order valence-corrected chi connectivity index (χ0v) is 16.2. The van der Waals surface area contributed by atoms with Gasteiger partial charge in [0.15, 0.2) is 5.65 Å². The molecule has 28 heavy (non-hydrogen) atoms. The average molecular weight is 377 g/mol. The van der Waals surface area contributed by atoms with Crippen LogP contribution in [0.15, 0.2) is 42.6 Å². The summed E-state index contributed by atoms with van der Waals surface area (Å²) in [7, 11) is 0. The van der Waals surface area contributed by atoms with Crippen molar-refractivity contribution in [2.75, 3.05) is 16.8 Å². The van der Waals surface area contributed by atoms with Crippen molar-refractivity contribution in [3.8, 4) is 0 Å². The van der Waals surface area contributed by atoms with Gasteiger partial charge in [0.2, 0.25) is 11.8 Å². The molecule has 3 aromatic rings. The molecule has 0 spiro atoms. The Labute approximate surface area is 163 Å². The van der Waals surface area contributed by atoms with Crippen LogP contribution in [-0.2, 0) is 9.59 Å². The summed E-state index contributed by atoms with van der Waals surface area (Å²) in [5.74, 6) is 0.501. The summed E-state index contributed by atoms with van der Waals surface area (Å²) >= 11 is 0. The van der Waals surface area contributed by atoms with Crippen molar-refractivity contribution in [1.29, 1.82) is 0 Å². The third-order valence-electron chi connectivity index (χ3n) is 5.05. The van der Waals surface area contributed by atoms with Gasteiger partial charge in [-0.05, 0) is 31.2 Å². The van der Waals surface area contributed by atoms with Gasteiger partial charge in [0.05, 0.1) is 11.6 Å². The van der Waals surface area contributed by atoms with E-state index in [1.807, 2.05) is 61.7 Å². The fraction of sp³-hybridized carbons (Fsp3) is 0.333. The van der Waals surface area contributed by atoms with E-state index in [1.54, 1.807) is 11.0 Å². The second-order valence-corrected chi connectivity index (χ2v) is 7.59. The highest BCUT2D eigenvalue weighted by molar-refractivity contribution is 6.03. The minimum absolute atomic E-state index is 0.0274. The lowest BCUT2D eigenvalue weighted by atomic mass is 10.1. The number of rotatable bonds is 4. The molecule has 0 aliphatic carbocycles. The van der Waals surface area contributed by atoms with Gasteiger partial charge in [-0.2, -0.15) is 0 Å². The first-order valence-corrected chi connectivity index (χ1v) is 9.45. The number of hydrogen-bond acceptors (Lipinski definition) is 4. The third kappa shape index (κ3) is 3.35. The highest BCUT2D eigenvalue weighted by Crippen LogP contribution is 2.26. The van der Waals surface area contributed by atoms with Gasteiger partial charge >= 0.3 is 0 Å². The van der Waals surface area contributed by atoms with E-state index in [0.29, 0.717) is 12.2 Å². The molecule has 0 saturated carbocycles. The van der Waals surface area contributed by atoms with Crippen molar-refractivity contribution in [2.24, 2.45) is 5.92 Å². The third-order valence-corrected chi connectivity index (χ3v) is 5.05. The van der Waals surface area contributed by atoms with Gasteiger partial charge in [-0.3, -0.25) is 14.0 Å². The van der Waals surface area contributed by atoms with Crippen molar-refractivity contribution in [3.63, 3.8) is 0 Å². The molecule has 1 unspecified atom stereocenters. The monoisotopic (exact) mass is 377 g/mol. The van der Waals surface area contributed by atoms with E-state index < -0.39 is 0 Å². The molecule has 0 bridgehead atoms. The Morgan fingerprint density at radius 1 is 1.14 bits per heavy atom. The molecule has 1 N–H and O–H groups in total. The number of aromatic nitrogens is 3. The summed E-state index contributed by atoms with van der Waals surface area (Å²) in [5.41, 5.74) is 3.37. The minimum Gasteiger partial charge on any atom is -0.324 e. The summed E-state index contributed by atoms with van der Waals surface area (Å²) in [4.78, 5) is 26.8. The molecule has 2 amide bonds. The molecule has 3 heterocycles. The summed E-state index contributed by atoms with van der Waals surface area (Å²) in [6, 6.07) is 11.4. The van der Waals surface area contributed by atoms with Gasteiger partial charge in [-0.25, -0.2) is 0 Å². The number of nitrogens with zero attached hydrogens (tertiary/aromatic N) is 4. The van der Waals surface area contributed by atoms with Gasteiger partial charge in [-0.15, -0.1) is 10.2 Å². The molecule has 1 aromatic carbocycles. The van der Waals surface area contributed by atoms with Crippen LogP contribution < -0.4 is 10.2 Å². The molecule has 144 valence electrons. The van der Waals surface area contributed by atoms with Crippen LogP contribution in [0.25, 0.3) is 5.65 Å². The van der Waals surface area contributed by atoms with Gasteiger partial charge in [0.25, 0.3) is 0 Å². The fourth-order valence-electron chi connectivity index (χ4n) is 3.48. The summed E-state index contributed by atoms with van der Waals surface area (Å²) in [6.07, 6.45) is 2.04. The van der Waals surface area contributed by atoms with Gasteiger partial charge < -0.3 is 10.2 Å². The predicted octanol–water partition coefficient (Wildman–Crippen LogP) is 3.15. The number of benzene rings is 1. The van der Waals surface area contributed by atoms with Crippen molar-refractivity contribution >= 4 is 28.8 Å². The van der Waals surface area contributed by atoms with Crippen LogP contribution in [0.2, 0.25) is 0 Å². The highest BCUT2D eigenvalue weighted by atomic mass is 16.2. The van der Waals surface area contributed by atoms with Gasteiger partial charge in [0, 0.05) is 30.8 Å². The van der Waals surface area contributed by atoms with Crippen LogP contribution >= 0.6 is 0 Å². The molecule has 1 saturated heterocycles. The Bertz CT molecular complexity index is 1040. The molecule has 1 fully saturated rings. The first-order valence-electron chi connectivity index (χ1n) is 9.45. The normalized spacial score (nSPS) is 16.9. The molecule has 2 aromatic heterocycles. The Morgan fingerprint density at radius 3 is 2.61 bits per heavy atom. The SMILES string of the molecule is Cc1ccc(N2CC(C(=O)Nc3ccc4nnc(C(C)C)n4c3)CC2=O)cc1. The number of carbonyl (C=O) groups is 2. The van der Waals surface area contributed by atoms with Crippen LogP contribution in [0.3, 0.4) is 0 Å². The number of carbonyl (C=O) groups excluding carboxylic acids is 2. The molecular formula is C21H23N5O2. The van der Waals surface area contributed by atoms with Crippen molar-refractivity contribution < 1.29 is 9.59 Å². The highest BCUT2D eigenvalue weighted by Gasteiger charge is 2.35. The molecule has 7 heteroatoms. The van der Waals surface area contributed by atoms with E-state index in [0.717, 1.165) is 22.7 Å². The maximum Gasteiger partial charge on any atom is 0.229 e. The quantitative estimate of drug-likeness (QED) is 0.757. The first kappa shape index (κ1) is 18.2. The van der Waals surface area contributed by atoms with E-state index >= 15 is 0 Å². The molecule has 4 rings (SSSR count). The number of anilines is 2. The Hall–Kier alpha value is -3.22. The van der Waals surface area contributed by atoms with Crippen molar-refractivity contribution in [1.82, 2.24) is 14.6 Å². The van der Waals surface area contributed by atoms with Crippen LogP contribution in [0.1, 0.15) is 37.6 Å². The minimum atomic E-state index is -0.380. The zero-order valence-electron chi connectivity index (χ0n) is 16.2. The standard InChI is InChI=1S/C21H23N5O2/c1-13(2)20-24-23-18-9-6-16(12-26(18)20)22-21(28)15-10-19(27)25(11-15)17-7-4-14(3)5-8-17/h4-9,12-13,15H,10-11H2,1-3H3,(H,22,28). The van der Waals surface area contributed by atoms with E-state index in [4.69, 9.17) is 0 Å². The topological polar surface area (TPSA) is 79.6 Å². The zero-order chi connectivity index (χ0) is 19.8. The number of aryl methyl sites for hydroxylation is 1. The molecule has 1 aliphatic rings. The van der Waals surface area contributed by atoms with Crippen molar-refractivity contribution in [2.45, 2.75) is 33.1 Å². The Balaban J connectivity index is 1.49. The number of amides is 2. The van der Waals surface area contributed by atoms with Crippen LogP contribution in [0.4, 0.5) is 11.4 Å². The van der Waals surface area contributed by atoms with Crippen molar-refractivity contribution in [3.05, 3.63) is 54.0 Å². The maximum atomic E-state index is 12.8. The molecular weight excluding hydrogens is 354 g/mol. The Morgan fingerprint density at radius 2 is 1.89 bits per heavy atom. The summed E-state index contributed by atoms with van der Waals surface area (Å²) in [5, 5.41) is 11.3.